The van der Waals surface area contributed by atoms with Crippen molar-refractivity contribution in [1.29, 1.82) is 0 Å². The summed E-state index contributed by atoms with van der Waals surface area (Å²) in [6, 6.07) is 6.20. The fraction of sp³-hybridized carbons (Fsp3) is 0.0833. The van der Waals surface area contributed by atoms with Crippen LogP contribution in [0.1, 0.15) is 10.5 Å². The van der Waals surface area contributed by atoms with Gasteiger partial charge in [0.2, 0.25) is 0 Å². The summed E-state index contributed by atoms with van der Waals surface area (Å²) in [5.41, 5.74) is 0.238. The summed E-state index contributed by atoms with van der Waals surface area (Å²) in [6.45, 7) is 0. The molecule has 4 nitrogen and oxygen atoms in total. The van der Waals surface area contributed by atoms with Crippen molar-refractivity contribution in [1.82, 2.24) is 4.57 Å². The number of rotatable bonds is 3. The third-order valence-electron chi connectivity index (χ3n) is 2.51. The highest BCUT2D eigenvalue weighted by atomic mass is 35.5. The highest BCUT2D eigenvalue weighted by Gasteiger charge is 2.22. The van der Waals surface area contributed by atoms with Gasteiger partial charge in [0.1, 0.15) is 22.3 Å². The molecule has 0 radical (unpaired) electrons. The van der Waals surface area contributed by atoms with E-state index in [1.54, 1.807) is 18.2 Å². The Labute approximate surface area is 124 Å². The van der Waals surface area contributed by atoms with Gasteiger partial charge >= 0.3 is 5.97 Å². The maximum absolute atomic E-state index is 11.2. The van der Waals surface area contributed by atoms with Crippen LogP contribution in [0, 0.1) is 0 Å². The maximum Gasteiger partial charge on any atom is 0.352 e. The van der Waals surface area contributed by atoms with Gasteiger partial charge in [-0.3, -0.25) is 4.57 Å². The zero-order chi connectivity index (χ0) is 14.2. The number of methoxy groups -OCH3 is 1. The van der Waals surface area contributed by atoms with Crippen LogP contribution in [0.3, 0.4) is 0 Å². The average Bonchev–Trinajstić information content (AvgIpc) is 2.66. The average molecular weight is 321 g/mol. The Morgan fingerprint density at radius 1 is 1.26 bits per heavy atom. The van der Waals surface area contributed by atoms with Crippen LogP contribution in [0.2, 0.25) is 15.2 Å². The van der Waals surface area contributed by atoms with Gasteiger partial charge in [-0.15, -0.1) is 0 Å². The third kappa shape index (κ3) is 2.39. The number of aromatic nitrogens is 1. The topological polar surface area (TPSA) is 51.5 Å². The molecule has 1 aromatic heterocycles. The number of carbonyl (C=O) groups is 1. The lowest BCUT2D eigenvalue weighted by Gasteiger charge is -2.14. The second kappa shape index (κ2) is 5.33. The molecule has 0 bridgehead atoms. The molecule has 0 aliphatic heterocycles. The number of aromatic carboxylic acids is 1. The fourth-order valence-corrected chi connectivity index (χ4v) is 2.38. The summed E-state index contributed by atoms with van der Waals surface area (Å²) in [6.07, 6.45) is 0. The molecule has 0 saturated heterocycles. The Bertz CT molecular complexity index is 652. The molecule has 1 N–H and O–H groups in total. The van der Waals surface area contributed by atoms with E-state index in [-0.39, 0.29) is 15.9 Å². The van der Waals surface area contributed by atoms with Crippen molar-refractivity contribution in [2.75, 3.05) is 7.11 Å². The molecule has 7 heteroatoms. The van der Waals surface area contributed by atoms with Crippen LogP contribution in [0.4, 0.5) is 0 Å². The van der Waals surface area contributed by atoms with Crippen molar-refractivity contribution in [3.8, 4) is 11.4 Å². The van der Waals surface area contributed by atoms with Crippen LogP contribution in [0.5, 0.6) is 5.75 Å². The number of ether oxygens (including phenoxy) is 1. The normalized spacial score (nSPS) is 10.5. The van der Waals surface area contributed by atoms with Gasteiger partial charge in [0.15, 0.2) is 0 Å². The number of halogens is 3. The molecule has 0 atom stereocenters. The minimum absolute atomic E-state index is 0.0606. The summed E-state index contributed by atoms with van der Waals surface area (Å²) in [5.74, 6) is -0.778. The van der Waals surface area contributed by atoms with E-state index in [0.29, 0.717) is 16.5 Å². The highest BCUT2D eigenvalue weighted by molar-refractivity contribution is 6.42. The van der Waals surface area contributed by atoms with Crippen molar-refractivity contribution in [3.63, 3.8) is 0 Å². The van der Waals surface area contributed by atoms with Gasteiger partial charge < -0.3 is 9.84 Å². The number of carboxylic acids is 1. The number of para-hydroxylation sites is 1. The highest BCUT2D eigenvalue weighted by Crippen LogP contribution is 2.37. The van der Waals surface area contributed by atoms with Crippen LogP contribution in [0.25, 0.3) is 5.69 Å². The van der Waals surface area contributed by atoms with Crippen LogP contribution in [-0.2, 0) is 0 Å². The number of hydrogen-bond donors (Lipinski definition) is 1. The number of nitrogens with zero attached hydrogens (tertiary/aromatic N) is 1. The summed E-state index contributed by atoms with van der Waals surface area (Å²) >= 11 is 18.0. The summed E-state index contributed by atoms with van der Waals surface area (Å²) in [7, 11) is 1.45. The van der Waals surface area contributed by atoms with Crippen LogP contribution in [-0.4, -0.2) is 22.8 Å². The largest absolute Gasteiger partial charge is 0.495 e. The van der Waals surface area contributed by atoms with Crippen LogP contribution >= 0.6 is 34.8 Å². The molecule has 1 heterocycles. The Morgan fingerprint density at radius 2 is 1.95 bits per heavy atom. The molecule has 0 aliphatic rings. The first-order chi connectivity index (χ1) is 8.97. The lowest BCUT2D eigenvalue weighted by molar-refractivity contribution is 0.0688. The van der Waals surface area contributed by atoms with E-state index in [2.05, 4.69) is 0 Å². The number of carboxylic acid groups (broad SMARTS) is 1. The lowest BCUT2D eigenvalue weighted by atomic mass is 10.2. The van der Waals surface area contributed by atoms with E-state index in [0.717, 1.165) is 0 Å². The molecule has 0 fully saturated rings. The van der Waals surface area contributed by atoms with Crippen molar-refractivity contribution in [3.05, 3.63) is 45.2 Å². The minimum Gasteiger partial charge on any atom is -0.495 e. The SMILES string of the molecule is COc1cccc(Cl)c1-n1c(C(=O)O)cc(Cl)c1Cl. The summed E-state index contributed by atoms with van der Waals surface area (Å²) in [5, 5.41) is 9.69. The predicted octanol–water partition coefficient (Wildman–Crippen LogP) is 4.14. The van der Waals surface area contributed by atoms with Gasteiger partial charge in [-0.25, -0.2) is 4.79 Å². The second-order valence-corrected chi connectivity index (χ2v) is 4.77. The standard InChI is InChI=1S/C12H8Cl3NO3/c1-19-9-4-2-3-6(13)10(9)16-8(12(17)18)5-7(14)11(16)15/h2-5H,1H3,(H,17,18). The first-order valence-corrected chi connectivity index (χ1v) is 6.23. The Kier molecular flexibility index (Phi) is 3.94. The lowest BCUT2D eigenvalue weighted by Crippen LogP contribution is -2.08. The molecule has 2 aromatic rings. The first-order valence-electron chi connectivity index (χ1n) is 5.10. The molecule has 100 valence electrons. The van der Waals surface area contributed by atoms with Crippen LogP contribution < -0.4 is 4.74 Å². The van der Waals surface area contributed by atoms with Crippen molar-refractivity contribution in [2.45, 2.75) is 0 Å². The fourth-order valence-electron chi connectivity index (χ4n) is 1.71. The van der Waals surface area contributed by atoms with Gasteiger partial charge in [-0.05, 0) is 18.2 Å². The zero-order valence-electron chi connectivity index (χ0n) is 9.65. The third-order valence-corrected chi connectivity index (χ3v) is 3.57. The Hall–Kier alpha value is -1.36. The monoisotopic (exact) mass is 319 g/mol. The molecule has 1 aromatic carbocycles. The van der Waals surface area contributed by atoms with Gasteiger partial charge in [0.05, 0.1) is 17.2 Å². The molecule has 0 aliphatic carbocycles. The second-order valence-electron chi connectivity index (χ2n) is 3.60. The molecule has 0 spiro atoms. The molecular weight excluding hydrogens is 312 g/mol. The molecule has 0 amide bonds. The van der Waals surface area contributed by atoms with E-state index in [1.165, 1.54) is 17.7 Å². The van der Waals surface area contributed by atoms with Gasteiger partial charge in [-0.1, -0.05) is 40.9 Å². The van der Waals surface area contributed by atoms with Crippen LogP contribution in [0.15, 0.2) is 24.3 Å². The first kappa shape index (κ1) is 14.1. The smallest absolute Gasteiger partial charge is 0.352 e. The maximum atomic E-state index is 11.2. The zero-order valence-corrected chi connectivity index (χ0v) is 11.9. The number of hydrogen-bond acceptors (Lipinski definition) is 2. The molecule has 19 heavy (non-hydrogen) atoms. The van der Waals surface area contributed by atoms with Crippen molar-refractivity contribution in [2.24, 2.45) is 0 Å². The predicted molar refractivity (Wildman–Crippen MR) is 74.3 cm³/mol. The number of benzene rings is 1. The Balaban J connectivity index is 2.82. The Morgan fingerprint density at radius 3 is 2.53 bits per heavy atom. The molecule has 0 unspecified atom stereocenters. The quantitative estimate of drug-likeness (QED) is 0.924. The van der Waals surface area contributed by atoms with E-state index in [4.69, 9.17) is 39.5 Å². The van der Waals surface area contributed by atoms with E-state index in [9.17, 15) is 9.90 Å². The molecule has 2 rings (SSSR count). The molecular formula is C12H8Cl3NO3. The van der Waals surface area contributed by atoms with E-state index < -0.39 is 5.97 Å². The van der Waals surface area contributed by atoms with Gasteiger partial charge in [0.25, 0.3) is 0 Å². The van der Waals surface area contributed by atoms with Crippen molar-refractivity contribution < 1.29 is 14.6 Å². The van der Waals surface area contributed by atoms with E-state index >= 15 is 0 Å². The van der Waals surface area contributed by atoms with Crippen molar-refractivity contribution >= 4 is 40.8 Å². The minimum atomic E-state index is -1.17. The van der Waals surface area contributed by atoms with Gasteiger partial charge in [0, 0.05) is 0 Å². The van der Waals surface area contributed by atoms with Gasteiger partial charge in [-0.2, -0.15) is 0 Å². The summed E-state index contributed by atoms with van der Waals surface area (Å²) < 4.78 is 6.42. The van der Waals surface area contributed by atoms with E-state index in [1.807, 2.05) is 0 Å². The summed E-state index contributed by atoms with van der Waals surface area (Å²) in [4.78, 5) is 11.2. The molecule has 0 saturated carbocycles.